The van der Waals surface area contributed by atoms with Crippen LogP contribution in [-0.4, -0.2) is 19.0 Å². The minimum Gasteiger partial charge on any atom is -0.455 e. The molecule has 0 fully saturated rings. The molecule has 440 valence electrons. The van der Waals surface area contributed by atoms with E-state index in [2.05, 4.69) is 214 Å². The van der Waals surface area contributed by atoms with E-state index in [1.165, 1.54) is 38.9 Å². The number of halogens is 2. The van der Waals surface area contributed by atoms with Gasteiger partial charge < -0.3 is 23.0 Å². The summed E-state index contributed by atoms with van der Waals surface area (Å²) in [7, 11) is -0.446. The van der Waals surface area contributed by atoms with Gasteiger partial charge in [0.15, 0.2) is 0 Å². The maximum absolute atomic E-state index is 11.8. The van der Waals surface area contributed by atoms with Gasteiger partial charge in [0.2, 0.25) is 0 Å². The molecule has 0 aliphatic heterocycles. The van der Waals surface area contributed by atoms with Crippen molar-refractivity contribution in [3.05, 3.63) is 311 Å². The second-order valence-electron chi connectivity index (χ2n) is 21.9. The third-order valence-corrected chi connectivity index (χ3v) is 19.7. The maximum atomic E-state index is 11.8. The van der Waals surface area contributed by atoms with Gasteiger partial charge >= 0.3 is 0 Å². The number of para-hydroxylation sites is 5. The summed E-state index contributed by atoms with van der Waals surface area (Å²) in [5.41, 5.74) is 12.9. The van der Waals surface area contributed by atoms with Crippen LogP contribution in [0.25, 0.3) is 132 Å². The molecule has 0 atom stereocenters. The first-order valence-corrected chi connectivity index (χ1v) is 31.3. The molecule has 0 radical (unpaired) electrons. The highest BCUT2D eigenvalue weighted by atomic mass is 35.5. The first-order chi connectivity index (χ1) is 43.8. The first kappa shape index (κ1) is 58.0. The second-order valence-corrected chi connectivity index (χ2v) is 25.0. The van der Waals surface area contributed by atoms with Crippen LogP contribution in [-0.2, 0) is 0 Å². The lowest BCUT2D eigenvalue weighted by molar-refractivity contribution is -0.384. The zero-order valence-corrected chi connectivity index (χ0v) is 49.8. The van der Waals surface area contributed by atoms with Crippen molar-refractivity contribution in [2.75, 3.05) is 0 Å². The molecule has 5 heterocycles. The van der Waals surface area contributed by atoms with Crippen molar-refractivity contribution in [2.24, 2.45) is 0 Å². The standard InChI is InChI=1S/C30H17ClN2O3.C30H17ClN2O.C18H15P.2CH4/c31-18-13-15-26(33(34)35)24(17-18)21-11-6-10-20-22-14-16-27-28(30(22)36-29(20)21)23-9-4-5-12-25(23)32(27)19-7-2-1-3-8-19;31-17-10-13-23-22(16-17)27-24(32-23)14-11-19-20-12-15-26-28(30(20)34-29(19)27)21-8-4-5-9-25(21)33(26)18-6-2-1-3-7-18;1-4-10-16(11-5-1)19(17-12-6-2-7-13-17)18-14-8-3-9-15-18;;/h1-17H;1-16,32H;1-15H;2*1H4. The normalized spacial score (nSPS) is 11.4. The Kier molecular flexibility index (Phi) is 15.3. The summed E-state index contributed by atoms with van der Waals surface area (Å²) in [6.07, 6.45) is 0. The van der Waals surface area contributed by atoms with Crippen LogP contribution >= 0.6 is 31.1 Å². The highest BCUT2D eigenvalue weighted by Gasteiger charge is 2.25. The fraction of sp³-hybridized carbons (Fsp3) is 0.0250. The van der Waals surface area contributed by atoms with Gasteiger partial charge in [0.25, 0.3) is 5.69 Å². The number of rotatable bonds is 7. The number of benzene rings is 13. The average Bonchev–Trinajstić information content (AvgIpc) is 1.58. The topological polar surface area (TPSA) is 95.1 Å². The Morgan fingerprint density at radius 1 is 0.352 bits per heavy atom. The Morgan fingerprint density at radius 2 is 0.758 bits per heavy atom. The van der Waals surface area contributed by atoms with E-state index >= 15 is 0 Å². The van der Waals surface area contributed by atoms with Crippen LogP contribution in [0, 0.1) is 10.1 Å². The molecule has 0 bridgehead atoms. The minimum atomic E-state index is -0.446. The van der Waals surface area contributed by atoms with Gasteiger partial charge in [-0.25, -0.2) is 0 Å². The summed E-state index contributed by atoms with van der Waals surface area (Å²) in [5, 5.41) is 27.8. The Bertz CT molecular complexity index is 5650. The Hall–Kier alpha value is -10.7. The third kappa shape index (κ3) is 9.93. The lowest BCUT2D eigenvalue weighted by Gasteiger charge is -2.18. The number of aromatic amines is 1. The number of H-pyrrole nitrogens is 1. The highest BCUT2D eigenvalue weighted by Crippen LogP contribution is 2.47. The number of fused-ring (bicyclic) bond motifs is 18. The fourth-order valence-electron chi connectivity index (χ4n) is 13.0. The lowest BCUT2D eigenvalue weighted by atomic mass is 10.0. The fourth-order valence-corrected chi connectivity index (χ4v) is 15.6. The van der Waals surface area contributed by atoms with Crippen LogP contribution in [0.2, 0.25) is 10.0 Å². The predicted octanol–water partition coefficient (Wildman–Crippen LogP) is 22.6. The summed E-state index contributed by atoms with van der Waals surface area (Å²) in [6, 6.07) is 99.0. The van der Waals surface area contributed by atoms with Gasteiger partial charge in [-0.15, -0.1) is 0 Å². The predicted molar refractivity (Wildman–Crippen MR) is 386 cm³/mol. The second kappa shape index (κ2) is 24.0. The zero-order valence-electron chi connectivity index (χ0n) is 47.4. The molecule has 8 nitrogen and oxygen atoms in total. The number of aromatic nitrogens is 3. The molecule has 18 rings (SSSR count). The number of nitrogens with one attached hydrogen (secondary N) is 1. The quantitative estimate of drug-likeness (QED) is 0.0977. The van der Waals surface area contributed by atoms with E-state index in [-0.39, 0.29) is 20.5 Å². The number of nitro groups is 1. The molecule has 0 spiro atoms. The van der Waals surface area contributed by atoms with Gasteiger partial charge in [-0.2, -0.15) is 0 Å². The molecule has 0 aliphatic rings. The Morgan fingerprint density at radius 3 is 1.27 bits per heavy atom. The van der Waals surface area contributed by atoms with Crippen molar-refractivity contribution < 1.29 is 13.8 Å². The smallest absolute Gasteiger partial charge is 0.277 e. The minimum absolute atomic E-state index is 0. The molecule has 5 aromatic heterocycles. The molecular formula is C80H57Cl2N4O4P. The molecule has 18 aromatic rings. The van der Waals surface area contributed by atoms with Gasteiger partial charge in [0, 0.05) is 76.3 Å². The van der Waals surface area contributed by atoms with E-state index in [1.807, 2.05) is 72.8 Å². The number of hydrogen-bond acceptors (Lipinski definition) is 4. The molecule has 13 aromatic carbocycles. The third-order valence-electron chi connectivity index (χ3n) is 16.8. The van der Waals surface area contributed by atoms with Gasteiger partial charge in [0.1, 0.15) is 22.3 Å². The molecule has 91 heavy (non-hydrogen) atoms. The van der Waals surface area contributed by atoms with E-state index in [0.717, 1.165) is 109 Å². The van der Waals surface area contributed by atoms with Gasteiger partial charge in [-0.3, -0.25) is 10.1 Å². The monoisotopic (exact) mass is 1240 g/mol. The van der Waals surface area contributed by atoms with Crippen molar-refractivity contribution in [1.82, 2.24) is 14.1 Å². The van der Waals surface area contributed by atoms with Crippen LogP contribution in [0.5, 0.6) is 0 Å². The van der Waals surface area contributed by atoms with Crippen molar-refractivity contribution in [3.63, 3.8) is 0 Å². The van der Waals surface area contributed by atoms with Crippen LogP contribution in [0.15, 0.2) is 300 Å². The van der Waals surface area contributed by atoms with Crippen molar-refractivity contribution >= 4 is 162 Å². The molecule has 11 heteroatoms. The molecule has 0 saturated heterocycles. The molecule has 0 saturated carbocycles. The summed E-state index contributed by atoms with van der Waals surface area (Å²) in [4.78, 5) is 14.9. The maximum Gasteiger partial charge on any atom is 0.277 e. The summed E-state index contributed by atoms with van der Waals surface area (Å²) in [5.74, 6) is 0. The van der Waals surface area contributed by atoms with E-state index in [4.69, 9.17) is 32.0 Å². The van der Waals surface area contributed by atoms with Crippen molar-refractivity contribution in [1.29, 1.82) is 0 Å². The largest absolute Gasteiger partial charge is 0.455 e. The van der Waals surface area contributed by atoms with E-state index in [9.17, 15) is 10.1 Å². The number of nitro benzene ring substituents is 1. The van der Waals surface area contributed by atoms with E-state index in [0.29, 0.717) is 21.7 Å². The highest BCUT2D eigenvalue weighted by molar-refractivity contribution is 7.79. The molecule has 0 amide bonds. The molecule has 1 N–H and O–H groups in total. The van der Waals surface area contributed by atoms with Crippen molar-refractivity contribution in [3.8, 4) is 22.5 Å². The summed E-state index contributed by atoms with van der Waals surface area (Å²) in [6.45, 7) is 0. The molecule has 0 aliphatic carbocycles. The lowest BCUT2D eigenvalue weighted by Crippen LogP contribution is -2.20. The zero-order chi connectivity index (χ0) is 59.7. The molecule has 0 unspecified atom stereocenters. The summed E-state index contributed by atoms with van der Waals surface area (Å²) < 4.78 is 17.9. The van der Waals surface area contributed by atoms with Gasteiger partial charge in [-0.1, -0.05) is 220 Å². The van der Waals surface area contributed by atoms with Gasteiger partial charge in [-0.05, 0) is 127 Å². The number of hydrogen-bond donors (Lipinski definition) is 1. The van der Waals surface area contributed by atoms with E-state index < -0.39 is 12.8 Å². The van der Waals surface area contributed by atoms with Crippen LogP contribution in [0.3, 0.4) is 0 Å². The number of furan rings is 2. The first-order valence-electron chi connectivity index (χ1n) is 29.2. The van der Waals surface area contributed by atoms with Crippen LogP contribution < -0.4 is 15.9 Å². The SMILES string of the molecule is C.C.Clc1ccc2[nH]c3ccc4c5ccc6c(c7ccccc7n6-c6ccccc6)c5oc4c3c2c1.O=[N+]([O-])c1ccc(Cl)cc1-c1cccc2c1oc1c2ccc2c1c1ccccc1n2-c1ccccc1.c1ccc(P(c2ccccc2)c2ccccc2)cc1. The summed E-state index contributed by atoms with van der Waals surface area (Å²) >= 11 is 12.6. The van der Waals surface area contributed by atoms with Gasteiger partial charge in [0.05, 0.1) is 54.2 Å². The Labute approximate surface area is 535 Å². The van der Waals surface area contributed by atoms with Crippen LogP contribution in [0.4, 0.5) is 5.69 Å². The Balaban J connectivity index is 0.000000123. The van der Waals surface area contributed by atoms with Crippen LogP contribution in [0.1, 0.15) is 14.9 Å². The number of nitrogens with zero attached hydrogens (tertiary/aromatic N) is 3. The van der Waals surface area contributed by atoms with E-state index in [1.54, 1.807) is 6.07 Å². The molecular weight excluding hydrogens is 1180 g/mol. The average molecular weight is 1240 g/mol. The van der Waals surface area contributed by atoms with Crippen molar-refractivity contribution in [2.45, 2.75) is 14.9 Å².